The lowest BCUT2D eigenvalue weighted by atomic mass is 9.82. The highest BCUT2D eigenvalue weighted by molar-refractivity contribution is 5.78. The molecule has 0 heterocycles. The second-order valence-electron chi connectivity index (χ2n) is 6.43. The highest BCUT2D eigenvalue weighted by atomic mass is 16.4. The van der Waals surface area contributed by atoms with Gasteiger partial charge in [-0.1, -0.05) is 33.6 Å². The third kappa shape index (κ3) is 5.21. The van der Waals surface area contributed by atoms with Crippen molar-refractivity contribution >= 4 is 12.0 Å². The Balaban J connectivity index is 2.44. The Morgan fingerprint density at radius 2 is 1.81 bits per heavy atom. The van der Waals surface area contributed by atoms with E-state index in [1.165, 1.54) is 6.42 Å². The lowest BCUT2D eigenvalue weighted by Crippen LogP contribution is -2.48. The van der Waals surface area contributed by atoms with Crippen molar-refractivity contribution in [1.29, 1.82) is 0 Å². The summed E-state index contributed by atoms with van der Waals surface area (Å²) in [6.45, 7) is 6.14. The van der Waals surface area contributed by atoms with Crippen LogP contribution in [-0.4, -0.2) is 29.7 Å². The number of carboxylic acid groups (broad SMARTS) is 1. The van der Waals surface area contributed by atoms with Gasteiger partial charge in [0.05, 0.1) is 5.41 Å². The molecule has 1 saturated carbocycles. The van der Waals surface area contributed by atoms with Crippen molar-refractivity contribution in [2.75, 3.05) is 6.54 Å². The van der Waals surface area contributed by atoms with E-state index in [1.807, 2.05) is 13.8 Å². The third-order valence-corrected chi connectivity index (χ3v) is 4.99. The van der Waals surface area contributed by atoms with E-state index in [4.69, 9.17) is 0 Å². The zero-order chi connectivity index (χ0) is 15.9. The maximum absolute atomic E-state index is 12.0. The Hall–Kier alpha value is -1.26. The molecule has 2 amide bonds. The van der Waals surface area contributed by atoms with Gasteiger partial charge in [0.15, 0.2) is 0 Å². The minimum absolute atomic E-state index is 0.185. The minimum atomic E-state index is -0.852. The molecule has 21 heavy (non-hydrogen) atoms. The molecule has 0 aromatic heterocycles. The zero-order valence-electron chi connectivity index (χ0n) is 13.6. The fraction of sp³-hybridized carbons (Fsp3) is 0.875. The van der Waals surface area contributed by atoms with E-state index >= 15 is 0 Å². The van der Waals surface area contributed by atoms with Crippen LogP contribution in [0, 0.1) is 11.3 Å². The Morgan fingerprint density at radius 1 is 1.14 bits per heavy atom. The van der Waals surface area contributed by atoms with E-state index < -0.39 is 11.4 Å². The summed E-state index contributed by atoms with van der Waals surface area (Å²) in [5, 5.41) is 15.1. The molecule has 2 atom stereocenters. The van der Waals surface area contributed by atoms with Crippen LogP contribution in [-0.2, 0) is 4.79 Å². The first-order valence-electron chi connectivity index (χ1n) is 8.21. The molecule has 1 aliphatic carbocycles. The summed E-state index contributed by atoms with van der Waals surface area (Å²) >= 11 is 0. The molecular formula is C16H30N2O3. The SMILES string of the molecule is CCC(CC)(CNC(=O)NC1CCCC(C)CC1)C(=O)O. The predicted octanol–water partition coefficient (Wildman–Crippen LogP) is 3.15. The lowest BCUT2D eigenvalue weighted by Gasteiger charge is -2.27. The number of aliphatic carboxylic acids is 1. The van der Waals surface area contributed by atoms with Crippen molar-refractivity contribution < 1.29 is 14.7 Å². The number of hydrogen-bond acceptors (Lipinski definition) is 2. The molecule has 0 saturated heterocycles. The summed E-state index contributed by atoms with van der Waals surface area (Å²) in [4.78, 5) is 23.4. The number of carbonyl (C=O) groups excluding carboxylic acids is 1. The molecule has 0 aliphatic heterocycles. The van der Waals surface area contributed by atoms with Gasteiger partial charge < -0.3 is 15.7 Å². The largest absolute Gasteiger partial charge is 0.481 e. The molecule has 3 N–H and O–H groups in total. The molecule has 1 rings (SSSR count). The monoisotopic (exact) mass is 298 g/mol. The van der Waals surface area contributed by atoms with Crippen molar-refractivity contribution in [3.05, 3.63) is 0 Å². The van der Waals surface area contributed by atoms with Crippen molar-refractivity contribution in [1.82, 2.24) is 10.6 Å². The zero-order valence-corrected chi connectivity index (χ0v) is 13.6. The van der Waals surface area contributed by atoms with E-state index in [0.29, 0.717) is 12.8 Å². The Labute approximate surface area is 127 Å². The first kappa shape index (κ1) is 17.8. The van der Waals surface area contributed by atoms with Crippen LogP contribution in [0.3, 0.4) is 0 Å². The smallest absolute Gasteiger partial charge is 0.315 e. The molecule has 1 aliphatic rings. The van der Waals surface area contributed by atoms with E-state index in [2.05, 4.69) is 17.6 Å². The standard InChI is InChI=1S/C16H30N2O3/c1-4-16(5-2,14(19)20)11-17-15(21)18-13-8-6-7-12(3)9-10-13/h12-13H,4-11H2,1-3H3,(H,19,20)(H2,17,18,21). The van der Waals surface area contributed by atoms with Crippen molar-refractivity contribution in [2.24, 2.45) is 11.3 Å². The number of hydrogen-bond donors (Lipinski definition) is 3. The number of amides is 2. The summed E-state index contributed by atoms with van der Waals surface area (Å²) in [5.41, 5.74) is -0.852. The van der Waals surface area contributed by atoms with Gasteiger partial charge in [0, 0.05) is 12.6 Å². The number of carbonyl (C=O) groups is 2. The molecule has 0 bridgehead atoms. The molecule has 5 heteroatoms. The Bertz CT molecular complexity index is 353. The summed E-state index contributed by atoms with van der Waals surface area (Å²) in [6, 6.07) is -0.0143. The van der Waals surface area contributed by atoms with Crippen LogP contribution in [0.4, 0.5) is 4.79 Å². The number of urea groups is 1. The van der Waals surface area contributed by atoms with Crippen LogP contribution in [0.5, 0.6) is 0 Å². The third-order valence-electron chi connectivity index (χ3n) is 4.99. The molecule has 0 aromatic rings. The van der Waals surface area contributed by atoms with Crippen LogP contribution in [0.1, 0.15) is 65.7 Å². The highest BCUT2D eigenvalue weighted by Gasteiger charge is 2.35. The number of rotatable bonds is 6. The molecule has 5 nitrogen and oxygen atoms in total. The second-order valence-corrected chi connectivity index (χ2v) is 6.43. The van der Waals surface area contributed by atoms with Gasteiger partial charge in [-0.2, -0.15) is 0 Å². The van der Waals surface area contributed by atoms with E-state index in [0.717, 1.165) is 31.6 Å². The molecule has 0 aromatic carbocycles. The predicted molar refractivity (Wildman–Crippen MR) is 83.2 cm³/mol. The molecule has 1 fully saturated rings. The van der Waals surface area contributed by atoms with Crippen LogP contribution in [0.15, 0.2) is 0 Å². The summed E-state index contributed by atoms with van der Waals surface area (Å²) in [7, 11) is 0. The quantitative estimate of drug-likeness (QED) is 0.659. The van der Waals surface area contributed by atoms with Gasteiger partial charge in [-0.3, -0.25) is 4.79 Å². The number of nitrogens with one attached hydrogen (secondary N) is 2. The maximum atomic E-state index is 12.0. The fourth-order valence-corrected chi connectivity index (χ4v) is 3.00. The summed E-state index contributed by atoms with van der Waals surface area (Å²) in [6.07, 6.45) is 6.58. The van der Waals surface area contributed by atoms with Crippen molar-refractivity contribution in [2.45, 2.75) is 71.8 Å². The minimum Gasteiger partial charge on any atom is -0.481 e. The molecule has 122 valence electrons. The van der Waals surface area contributed by atoms with Crippen LogP contribution in [0.2, 0.25) is 0 Å². The maximum Gasteiger partial charge on any atom is 0.315 e. The Morgan fingerprint density at radius 3 is 2.38 bits per heavy atom. The fourth-order valence-electron chi connectivity index (χ4n) is 3.00. The lowest BCUT2D eigenvalue weighted by molar-refractivity contribution is -0.149. The first-order valence-corrected chi connectivity index (χ1v) is 8.21. The summed E-state index contributed by atoms with van der Waals surface area (Å²) in [5.74, 6) is -0.101. The van der Waals surface area contributed by atoms with E-state index in [1.54, 1.807) is 0 Å². The molecule has 0 radical (unpaired) electrons. The Kier molecular flexibility index (Phi) is 6.99. The van der Waals surface area contributed by atoms with Gasteiger partial charge in [-0.15, -0.1) is 0 Å². The van der Waals surface area contributed by atoms with Gasteiger partial charge in [-0.05, 0) is 38.0 Å². The van der Waals surface area contributed by atoms with Crippen LogP contribution in [0.25, 0.3) is 0 Å². The van der Waals surface area contributed by atoms with E-state index in [9.17, 15) is 14.7 Å². The summed E-state index contributed by atoms with van der Waals surface area (Å²) < 4.78 is 0. The second kappa shape index (κ2) is 8.25. The van der Waals surface area contributed by atoms with Gasteiger partial charge in [-0.25, -0.2) is 4.79 Å². The molecular weight excluding hydrogens is 268 g/mol. The average Bonchev–Trinajstić information content (AvgIpc) is 2.65. The molecule has 2 unspecified atom stereocenters. The first-order chi connectivity index (χ1) is 9.93. The van der Waals surface area contributed by atoms with Gasteiger partial charge in [0.1, 0.15) is 0 Å². The molecule has 0 spiro atoms. The number of carboxylic acids is 1. The normalized spacial score (nSPS) is 23.2. The van der Waals surface area contributed by atoms with Crippen molar-refractivity contribution in [3.8, 4) is 0 Å². The van der Waals surface area contributed by atoms with Crippen molar-refractivity contribution in [3.63, 3.8) is 0 Å². The highest BCUT2D eigenvalue weighted by Crippen LogP contribution is 2.26. The van der Waals surface area contributed by atoms with Gasteiger partial charge in [0.25, 0.3) is 0 Å². The van der Waals surface area contributed by atoms with Crippen LogP contribution < -0.4 is 10.6 Å². The van der Waals surface area contributed by atoms with E-state index in [-0.39, 0.29) is 18.6 Å². The van der Waals surface area contributed by atoms with Gasteiger partial charge >= 0.3 is 12.0 Å². The van der Waals surface area contributed by atoms with Crippen LogP contribution >= 0.6 is 0 Å². The van der Waals surface area contributed by atoms with Gasteiger partial charge in [0.2, 0.25) is 0 Å². The topological polar surface area (TPSA) is 78.4 Å². The average molecular weight is 298 g/mol.